The molecule has 0 aliphatic heterocycles. The van der Waals surface area contributed by atoms with Crippen LogP contribution in [0, 0.1) is 11.2 Å². The zero-order chi connectivity index (χ0) is 29.9. The maximum Gasteiger partial charge on any atom is 1.00 e. The Morgan fingerprint density at radius 3 is 2.23 bits per heavy atom. The molecule has 1 heterocycles. The standard InChI is InChI=1S/C30H25ClFN3O7.K/c1-40-25-15-20-22(16-26(25)41-13-9-27(36)37)33-12-8-23(20)42-24-7-6-19(14-21(24)31)35-29(39)30(10-11-30)28(38)34-18-4-2-17(32)3-5-18;/h2-8,12,14-16H,9-11,13H2,1H3,(H,34,38)(H,35,39)(H,36,37);/q;+1/p-1. The van der Waals surface area contributed by atoms with Crippen molar-refractivity contribution >= 4 is 51.7 Å². The average Bonchev–Trinajstić information content (AvgIpc) is 3.78. The molecular formula is C30H24ClFKN3O7. The molecule has 1 fully saturated rings. The molecule has 2 amide bonds. The predicted octanol–water partition coefficient (Wildman–Crippen LogP) is 1.71. The molecule has 0 saturated heterocycles. The van der Waals surface area contributed by atoms with Crippen LogP contribution in [0.2, 0.25) is 5.02 Å². The second-order valence-electron chi connectivity index (χ2n) is 9.54. The van der Waals surface area contributed by atoms with Crippen molar-refractivity contribution < 1.29 is 89.5 Å². The van der Waals surface area contributed by atoms with E-state index in [1.807, 2.05) is 0 Å². The van der Waals surface area contributed by atoms with E-state index < -0.39 is 29.0 Å². The summed E-state index contributed by atoms with van der Waals surface area (Å²) >= 11 is 6.49. The number of pyridine rings is 1. The van der Waals surface area contributed by atoms with Gasteiger partial charge in [-0.05, 0) is 67.4 Å². The van der Waals surface area contributed by atoms with Gasteiger partial charge in [0.2, 0.25) is 11.8 Å². The average molecular weight is 632 g/mol. The van der Waals surface area contributed by atoms with Gasteiger partial charge in [0.05, 0.1) is 24.3 Å². The summed E-state index contributed by atoms with van der Waals surface area (Å²) in [5.41, 5.74) is 0.0481. The number of aromatic nitrogens is 1. The Hall–Kier alpha value is -3.26. The fourth-order valence-corrected chi connectivity index (χ4v) is 4.45. The molecule has 3 aromatic carbocycles. The van der Waals surface area contributed by atoms with Gasteiger partial charge in [-0.25, -0.2) is 4.39 Å². The molecule has 4 aromatic rings. The number of hydrogen-bond donors (Lipinski definition) is 2. The number of fused-ring (bicyclic) bond motifs is 1. The molecule has 0 spiro atoms. The third-order valence-corrected chi connectivity index (χ3v) is 6.98. The van der Waals surface area contributed by atoms with Gasteiger partial charge in [0.15, 0.2) is 11.5 Å². The molecule has 0 unspecified atom stereocenters. The number of methoxy groups -OCH3 is 1. The fourth-order valence-electron chi connectivity index (χ4n) is 4.23. The number of anilines is 2. The molecule has 2 N–H and O–H groups in total. The van der Waals surface area contributed by atoms with E-state index in [-0.39, 0.29) is 69.4 Å². The van der Waals surface area contributed by atoms with Crippen molar-refractivity contribution in [1.29, 1.82) is 0 Å². The number of rotatable bonds is 11. The van der Waals surface area contributed by atoms with Crippen molar-refractivity contribution in [2.75, 3.05) is 24.4 Å². The van der Waals surface area contributed by atoms with Crippen molar-refractivity contribution in [3.63, 3.8) is 0 Å². The molecule has 1 aliphatic rings. The van der Waals surface area contributed by atoms with Crippen LogP contribution in [0.1, 0.15) is 19.3 Å². The third kappa shape index (κ3) is 7.64. The zero-order valence-electron chi connectivity index (χ0n) is 23.2. The molecule has 1 saturated carbocycles. The number of halogens is 2. The van der Waals surface area contributed by atoms with Crippen LogP contribution in [0.25, 0.3) is 10.9 Å². The SMILES string of the molecule is COc1cc2c(Oc3ccc(NC(=O)C4(C(=O)Nc5ccc(F)cc5)CC4)cc3Cl)ccnc2cc1OCCC(=O)[O-].[K+]. The molecule has 216 valence electrons. The summed E-state index contributed by atoms with van der Waals surface area (Å²) in [6.07, 6.45) is 2.01. The topological polar surface area (TPSA) is 139 Å². The maximum atomic E-state index is 13.2. The Balaban J connectivity index is 0.00000423. The van der Waals surface area contributed by atoms with E-state index in [0.717, 1.165) is 0 Å². The van der Waals surface area contributed by atoms with Gasteiger partial charge >= 0.3 is 51.4 Å². The van der Waals surface area contributed by atoms with Crippen molar-refractivity contribution in [3.05, 3.63) is 77.7 Å². The molecule has 1 aromatic heterocycles. The largest absolute Gasteiger partial charge is 1.00 e. The van der Waals surface area contributed by atoms with Gasteiger partial charge in [-0.1, -0.05) is 11.6 Å². The summed E-state index contributed by atoms with van der Waals surface area (Å²) < 4.78 is 30.2. The van der Waals surface area contributed by atoms with Gasteiger partial charge in [-0.3, -0.25) is 14.6 Å². The van der Waals surface area contributed by atoms with Crippen LogP contribution in [0.4, 0.5) is 15.8 Å². The van der Waals surface area contributed by atoms with E-state index >= 15 is 0 Å². The second-order valence-corrected chi connectivity index (χ2v) is 9.95. The van der Waals surface area contributed by atoms with Crippen LogP contribution in [-0.4, -0.2) is 36.5 Å². The maximum absolute atomic E-state index is 13.2. The van der Waals surface area contributed by atoms with E-state index in [1.165, 1.54) is 43.6 Å². The van der Waals surface area contributed by atoms with Crippen LogP contribution in [-0.2, 0) is 14.4 Å². The van der Waals surface area contributed by atoms with E-state index in [4.69, 9.17) is 25.8 Å². The van der Waals surface area contributed by atoms with Crippen molar-refractivity contribution in [3.8, 4) is 23.0 Å². The Kier molecular flexibility index (Phi) is 10.6. The first kappa shape index (κ1) is 32.6. The molecule has 13 heteroatoms. The van der Waals surface area contributed by atoms with Gasteiger partial charge in [-0.2, -0.15) is 0 Å². The third-order valence-electron chi connectivity index (χ3n) is 6.68. The number of amides is 2. The van der Waals surface area contributed by atoms with E-state index in [0.29, 0.717) is 58.1 Å². The number of carboxylic acid groups (broad SMARTS) is 1. The van der Waals surface area contributed by atoms with E-state index in [2.05, 4.69) is 15.6 Å². The monoisotopic (exact) mass is 631 g/mol. The van der Waals surface area contributed by atoms with Gasteiger partial charge in [0, 0.05) is 41.4 Å². The molecule has 43 heavy (non-hydrogen) atoms. The molecule has 5 rings (SSSR count). The molecule has 1 aliphatic carbocycles. The zero-order valence-corrected chi connectivity index (χ0v) is 27.1. The van der Waals surface area contributed by atoms with Crippen LogP contribution in [0.3, 0.4) is 0 Å². The van der Waals surface area contributed by atoms with Crippen molar-refractivity contribution in [1.82, 2.24) is 4.98 Å². The van der Waals surface area contributed by atoms with Gasteiger partial charge in [-0.15, -0.1) is 0 Å². The van der Waals surface area contributed by atoms with E-state index in [1.54, 1.807) is 30.3 Å². The van der Waals surface area contributed by atoms with Gasteiger partial charge < -0.3 is 34.7 Å². The minimum atomic E-state index is -1.23. The van der Waals surface area contributed by atoms with Crippen LogP contribution in [0.5, 0.6) is 23.0 Å². The summed E-state index contributed by atoms with van der Waals surface area (Å²) in [5.74, 6) is -1.24. The van der Waals surface area contributed by atoms with E-state index in [9.17, 15) is 23.9 Å². The fraction of sp³-hybridized carbons (Fsp3) is 0.200. The Morgan fingerprint density at radius 1 is 0.930 bits per heavy atom. The van der Waals surface area contributed by atoms with Gasteiger partial charge in [0.1, 0.15) is 22.7 Å². The van der Waals surface area contributed by atoms with Crippen LogP contribution < -0.4 is 81.3 Å². The summed E-state index contributed by atoms with van der Waals surface area (Å²) in [4.78, 5) is 40.9. The number of carboxylic acids is 1. The number of benzene rings is 3. The smallest absolute Gasteiger partial charge is 0.550 e. The molecule has 0 bridgehead atoms. The first-order valence-electron chi connectivity index (χ1n) is 12.8. The summed E-state index contributed by atoms with van der Waals surface area (Å²) in [5, 5.41) is 16.9. The second kappa shape index (κ2) is 14.0. The number of carbonyl (C=O) groups excluding carboxylic acids is 3. The summed E-state index contributed by atoms with van der Waals surface area (Å²) in [6, 6.07) is 14.9. The number of aliphatic carboxylic acids is 1. The minimum Gasteiger partial charge on any atom is -0.550 e. The number of carbonyl (C=O) groups is 3. The summed E-state index contributed by atoms with van der Waals surface area (Å²) in [6.45, 7) is -0.0983. The van der Waals surface area contributed by atoms with Crippen molar-refractivity contribution in [2.24, 2.45) is 5.41 Å². The quantitative estimate of drug-likeness (QED) is 0.188. The Bertz CT molecular complexity index is 1680. The van der Waals surface area contributed by atoms with Gasteiger partial charge in [0.25, 0.3) is 0 Å². The Morgan fingerprint density at radius 2 is 1.60 bits per heavy atom. The number of hydrogen-bond acceptors (Lipinski definition) is 8. The number of ether oxygens (including phenoxy) is 3. The number of nitrogens with one attached hydrogen (secondary N) is 2. The molecule has 10 nitrogen and oxygen atoms in total. The van der Waals surface area contributed by atoms with Crippen LogP contribution >= 0.6 is 11.6 Å². The number of nitrogens with zero attached hydrogens (tertiary/aromatic N) is 1. The van der Waals surface area contributed by atoms with Crippen LogP contribution in [0.15, 0.2) is 66.9 Å². The minimum absolute atomic E-state index is 0. The predicted molar refractivity (Wildman–Crippen MR) is 150 cm³/mol. The van der Waals surface area contributed by atoms with Crippen molar-refractivity contribution in [2.45, 2.75) is 19.3 Å². The molecule has 0 atom stereocenters. The molecular weight excluding hydrogens is 608 g/mol. The molecule has 0 radical (unpaired) electrons. The first-order valence-corrected chi connectivity index (χ1v) is 13.2. The Labute approximate surface area is 293 Å². The first-order chi connectivity index (χ1) is 20.2. The summed E-state index contributed by atoms with van der Waals surface area (Å²) in [7, 11) is 1.45. The normalized spacial score (nSPS) is 12.9.